The third-order valence-electron chi connectivity index (χ3n) is 4.62. The van der Waals surface area contributed by atoms with E-state index in [0.717, 1.165) is 50.7 Å². The standard InChI is InChI=1S/C21H29N3O2.HI/c1-3-11-22-21(23-12-10-18-8-6-14-25-18)24-13-15-26-20(16-24)19-9-5-4-7-17(19)2;/h4-9,14,20H,3,10-13,15-16H2,1-2H3,(H,22,23);1H. The number of morpholine rings is 1. The maximum Gasteiger partial charge on any atom is 0.194 e. The minimum absolute atomic E-state index is 0. The van der Waals surface area contributed by atoms with Crippen molar-refractivity contribution in [3.8, 4) is 0 Å². The fourth-order valence-electron chi connectivity index (χ4n) is 3.22. The highest BCUT2D eigenvalue weighted by molar-refractivity contribution is 14.0. The van der Waals surface area contributed by atoms with E-state index in [2.05, 4.69) is 48.3 Å². The Morgan fingerprint density at radius 2 is 2.11 bits per heavy atom. The van der Waals surface area contributed by atoms with E-state index in [1.165, 1.54) is 11.1 Å². The zero-order valence-electron chi connectivity index (χ0n) is 16.2. The molecule has 0 aliphatic carbocycles. The predicted octanol–water partition coefficient (Wildman–Crippen LogP) is 4.18. The molecule has 6 heteroatoms. The lowest BCUT2D eigenvalue weighted by atomic mass is 10.0. The van der Waals surface area contributed by atoms with Crippen molar-refractivity contribution in [1.82, 2.24) is 10.2 Å². The maximum absolute atomic E-state index is 6.05. The Kier molecular flexibility index (Phi) is 9.14. The molecule has 1 aliphatic heterocycles. The third kappa shape index (κ3) is 6.24. The summed E-state index contributed by atoms with van der Waals surface area (Å²) >= 11 is 0. The van der Waals surface area contributed by atoms with Gasteiger partial charge in [0.15, 0.2) is 5.96 Å². The Labute approximate surface area is 179 Å². The number of benzene rings is 1. The van der Waals surface area contributed by atoms with Crippen molar-refractivity contribution < 1.29 is 9.15 Å². The molecule has 1 atom stereocenters. The molecule has 3 rings (SSSR count). The van der Waals surface area contributed by atoms with Crippen LogP contribution < -0.4 is 5.32 Å². The highest BCUT2D eigenvalue weighted by Crippen LogP contribution is 2.25. The molecule has 1 unspecified atom stereocenters. The van der Waals surface area contributed by atoms with Gasteiger partial charge in [0.1, 0.15) is 11.9 Å². The molecule has 1 fully saturated rings. The summed E-state index contributed by atoms with van der Waals surface area (Å²) < 4.78 is 11.5. The van der Waals surface area contributed by atoms with Crippen LogP contribution in [0.15, 0.2) is 52.1 Å². The normalized spacial score (nSPS) is 17.5. The van der Waals surface area contributed by atoms with Crippen molar-refractivity contribution >= 4 is 29.9 Å². The molecule has 0 bridgehead atoms. The van der Waals surface area contributed by atoms with Gasteiger partial charge in [0.05, 0.1) is 19.4 Å². The number of guanidine groups is 1. The lowest BCUT2D eigenvalue weighted by Crippen LogP contribution is -2.48. The van der Waals surface area contributed by atoms with E-state index in [9.17, 15) is 0 Å². The largest absolute Gasteiger partial charge is 0.469 e. The lowest BCUT2D eigenvalue weighted by molar-refractivity contribution is -0.00835. The molecule has 1 saturated heterocycles. The first-order valence-electron chi connectivity index (χ1n) is 9.50. The van der Waals surface area contributed by atoms with Crippen LogP contribution in [0.5, 0.6) is 0 Å². The van der Waals surface area contributed by atoms with E-state index in [1.807, 2.05) is 12.1 Å². The average Bonchev–Trinajstić information content (AvgIpc) is 3.18. The van der Waals surface area contributed by atoms with Crippen molar-refractivity contribution in [3.05, 3.63) is 59.5 Å². The zero-order valence-corrected chi connectivity index (χ0v) is 18.5. The first kappa shape index (κ1) is 21.8. The quantitative estimate of drug-likeness (QED) is 0.381. The van der Waals surface area contributed by atoms with Crippen LogP contribution in [0.3, 0.4) is 0 Å². The number of nitrogens with one attached hydrogen (secondary N) is 1. The summed E-state index contributed by atoms with van der Waals surface area (Å²) in [4.78, 5) is 7.10. The second-order valence-electron chi connectivity index (χ2n) is 6.62. The van der Waals surface area contributed by atoms with Gasteiger partial charge in [0.25, 0.3) is 0 Å². The summed E-state index contributed by atoms with van der Waals surface area (Å²) in [6.07, 6.45) is 3.69. The van der Waals surface area contributed by atoms with Gasteiger partial charge in [-0.15, -0.1) is 24.0 Å². The first-order chi connectivity index (χ1) is 12.8. The van der Waals surface area contributed by atoms with E-state index in [-0.39, 0.29) is 30.1 Å². The minimum atomic E-state index is 0. The van der Waals surface area contributed by atoms with Crippen molar-refractivity contribution in [2.45, 2.75) is 32.8 Å². The number of halogens is 1. The van der Waals surface area contributed by atoms with E-state index in [1.54, 1.807) is 6.26 Å². The summed E-state index contributed by atoms with van der Waals surface area (Å²) in [5.41, 5.74) is 2.54. The maximum atomic E-state index is 6.05. The summed E-state index contributed by atoms with van der Waals surface area (Å²) in [7, 11) is 0. The molecular weight excluding hydrogens is 453 g/mol. The Balaban J connectivity index is 0.00000261. The summed E-state index contributed by atoms with van der Waals surface area (Å²) in [6, 6.07) is 12.4. The van der Waals surface area contributed by atoms with Gasteiger partial charge in [-0.05, 0) is 36.6 Å². The molecule has 2 aromatic rings. The van der Waals surface area contributed by atoms with Gasteiger partial charge in [0.2, 0.25) is 0 Å². The van der Waals surface area contributed by atoms with E-state index in [0.29, 0.717) is 6.61 Å². The third-order valence-corrected chi connectivity index (χ3v) is 4.62. The molecule has 0 saturated carbocycles. The molecule has 148 valence electrons. The van der Waals surface area contributed by atoms with Gasteiger partial charge in [0, 0.05) is 26.1 Å². The number of ether oxygens (including phenoxy) is 1. The molecule has 27 heavy (non-hydrogen) atoms. The van der Waals surface area contributed by atoms with Crippen LogP contribution in [0.1, 0.15) is 36.3 Å². The van der Waals surface area contributed by atoms with Crippen LogP contribution >= 0.6 is 24.0 Å². The van der Waals surface area contributed by atoms with Crippen LogP contribution in [0.4, 0.5) is 0 Å². The second kappa shape index (κ2) is 11.3. The van der Waals surface area contributed by atoms with Crippen molar-refractivity contribution in [2.75, 3.05) is 32.8 Å². The zero-order chi connectivity index (χ0) is 18.2. The first-order valence-corrected chi connectivity index (χ1v) is 9.50. The van der Waals surface area contributed by atoms with Crippen LogP contribution in [0.25, 0.3) is 0 Å². The van der Waals surface area contributed by atoms with Gasteiger partial charge >= 0.3 is 0 Å². The van der Waals surface area contributed by atoms with E-state index >= 15 is 0 Å². The van der Waals surface area contributed by atoms with Crippen molar-refractivity contribution in [3.63, 3.8) is 0 Å². The number of rotatable bonds is 6. The SMILES string of the molecule is CCCN=C(NCCc1ccco1)N1CCOC(c2ccccc2C)C1.I. The Morgan fingerprint density at radius 3 is 2.85 bits per heavy atom. The minimum Gasteiger partial charge on any atom is -0.469 e. The van der Waals surface area contributed by atoms with Crippen LogP contribution in [0, 0.1) is 6.92 Å². The Hall–Kier alpha value is -1.54. The molecule has 1 aromatic carbocycles. The van der Waals surface area contributed by atoms with Crippen molar-refractivity contribution in [1.29, 1.82) is 0 Å². The number of nitrogens with zero attached hydrogens (tertiary/aromatic N) is 2. The molecule has 1 aromatic heterocycles. The number of aryl methyl sites for hydroxylation is 1. The van der Waals surface area contributed by atoms with Gasteiger partial charge in [-0.25, -0.2) is 0 Å². The fourth-order valence-corrected chi connectivity index (χ4v) is 3.22. The highest BCUT2D eigenvalue weighted by Gasteiger charge is 2.25. The second-order valence-corrected chi connectivity index (χ2v) is 6.62. The molecule has 5 nitrogen and oxygen atoms in total. The smallest absolute Gasteiger partial charge is 0.194 e. The number of aliphatic imine (C=N–C) groups is 1. The average molecular weight is 483 g/mol. The topological polar surface area (TPSA) is 50.0 Å². The number of hydrogen-bond donors (Lipinski definition) is 1. The van der Waals surface area contributed by atoms with Crippen LogP contribution in [-0.2, 0) is 11.2 Å². The van der Waals surface area contributed by atoms with E-state index < -0.39 is 0 Å². The summed E-state index contributed by atoms with van der Waals surface area (Å²) in [5, 5.41) is 3.51. The predicted molar refractivity (Wildman–Crippen MR) is 120 cm³/mol. The van der Waals surface area contributed by atoms with Gasteiger partial charge in [-0.2, -0.15) is 0 Å². The van der Waals surface area contributed by atoms with Gasteiger partial charge < -0.3 is 19.4 Å². The van der Waals surface area contributed by atoms with E-state index in [4.69, 9.17) is 14.1 Å². The number of furan rings is 1. The monoisotopic (exact) mass is 483 g/mol. The summed E-state index contributed by atoms with van der Waals surface area (Å²) in [5.74, 6) is 1.97. The number of hydrogen-bond acceptors (Lipinski definition) is 3. The molecule has 1 N–H and O–H groups in total. The van der Waals surface area contributed by atoms with Gasteiger partial charge in [-0.3, -0.25) is 4.99 Å². The highest BCUT2D eigenvalue weighted by atomic mass is 127. The summed E-state index contributed by atoms with van der Waals surface area (Å²) in [6.45, 7) is 8.33. The lowest BCUT2D eigenvalue weighted by Gasteiger charge is -2.36. The molecule has 1 aliphatic rings. The fraction of sp³-hybridized carbons (Fsp3) is 0.476. The molecule has 0 spiro atoms. The van der Waals surface area contributed by atoms with Crippen LogP contribution in [-0.4, -0.2) is 43.6 Å². The molecule has 0 amide bonds. The Bertz CT molecular complexity index is 703. The molecule has 0 radical (unpaired) electrons. The van der Waals surface area contributed by atoms with Crippen LogP contribution in [0.2, 0.25) is 0 Å². The van der Waals surface area contributed by atoms with Gasteiger partial charge in [-0.1, -0.05) is 31.2 Å². The molecular formula is C21H30IN3O2. The molecule has 2 heterocycles. The Morgan fingerprint density at radius 1 is 1.26 bits per heavy atom. The van der Waals surface area contributed by atoms with Crippen molar-refractivity contribution in [2.24, 2.45) is 4.99 Å².